The number of Topliss-reactive ketones (excluding diaryl/α,β-unsaturated/α-hetero) is 1. The number of pyridine rings is 1. The van der Waals surface area contributed by atoms with E-state index in [1.54, 1.807) is 24.4 Å². The summed E-state index contributed by atoms with van der Waals surface area (Å²) in [5.41, 5.74) is 0.453. The Hall–Kier alpha value is -1.77. The van der Waals surface area contributed by atoms with Crippen LogP contribution in [0.2, 0.25) is 0 Å². The molecule has 5 heteroatoms. The summed E-state index contributed by atoms with van der Waals surface area (Å²) >= 11 is 0. The monoisotopic (exact) mass is 232 g/mol. The molecular formula is C12H12N2O3. The van der Waals surface area contributed by atoms with Crippen molar-refractivity contribution in [3.63, 3.8) is 0 Å². The number of ketones is 1. The lowest BCUT2D eigenvalue weighted by atomic mass is 9.97. The molecule has 5 nitrogen and oxygen atoms in total. The highest BCUT2D eigenvalue weighted by atomic mass is 16.6. The summed E-state index contributed by atoms with van der Waals surface area (Å²) in [4.78, 5) is 16.1. The van der Waals surface area contributed by atoms with Crippen LogP contribution in [0.3, 0.4) is 0 Å². The average Bonchev–Trinajstić information content (AvgIpc) is 2.42. The Morgan fingerprint density at radius 1 is 1.53 bits per heavy atom. The number of aromatic nitrogens is 1. The van der Waals surface area contributed by atoms with E-state index < -0.39 is 12.0 Å². The first kappa shape index (κ1) is 11.7. The quantitative estimate of drug-likeness (QED) is 0.766. The van der Waals surface area contributed by atoms with Gasteiger partial charge in [0, 0.05) is 6.20 Å². The van der Waals surface area contributed by atoms with Crippen LogP contribution in [0.25, 0.3) is 0 Å². The van der Waals surface area contributed by atoms with Crippen LogP contribution in [0.1, 0.15) is 11.6 Å². The lowest BCUT2D eigenvalue weighted by Crippen LogP contribution is -2.38. The molecule has 1 aromatic rings. The summed E-state index contributed by atoms with van der Waals surface area (Å²) in [6, 6.07) is 7.12. The summed E-state index contributed by atoms with van der Waals surface area (Å²) in [6.07, 6.45) is 0.904. The predicted octanol–water partition coefficient (Wildman–Crippen LogP) is 0.673. The molecule has 2 rings (SSSR count). The van der Waals surface area contributed by atoms with Crippen molar-refractivity contribution in [1.29, 1.82) is 5.26 Å². The van der Waals surface area contributed by atoms with Crippen molar-refractivity contribution in [2.75, 3.05) is 19.8 Å². The van der Waals surface area contributed by atoms with Crippen molar-refractivity contribution in [2.45, 2.75) is 12.0 Å². The van der Waals surface area contributed by atoms with E-state index in [-0.39, 0.29) is 12.4 Å². The van der Waals surface area contributed by atoms with Crippen molar-refractivity contribution >= 4 is 5.78 Å². The van der Waals surface area contributed by atoms with Gasteiger partial charge in [-0.15, -0.1) is 0 Å². The molecular weight excluding hydrogens is 220 g/mol. The van der Waals surface area contributed by atoms with E-state index in [4.69, 9.17) is 14.7 Å². The fourth-order valence-corrected chi connectivity index (χ4v) is 1.66. The largest absolute Gasteiger partial charge is 0.376 e. The summed E-state index contributed by atoms with van der Waals surface area (Å²) in [7, 11) is 0. The molecule has 1 fully saturated rings. The Morgan fingerprint density at radius 3 is 3.00 bits per heavy atom. The number of hydrogen-bond donors (Lipinski definition) is 0. The molecule has 17 heavy (non-hydrogen) atoms. The third-order valence-electron chi connectivity index (χ3n) is 2.53. The van der Waals surface area contributed by atoms with Gasteiger partial charge in [0.25, 0.3) is 0 Å². The van der Waals surface area contributed by atoms with Crippen LogP contribution >= 0.6 is 0 Å². The van der Waals surface area contributed by atoms with E-state index in [1.807, 2.05) is 6.07 Å². The second kappa shape index (κ2) is 5.53. The minimum absolute atomic E-state index is 0.212. The highest BCUT2D eigenvalue weighted by molar-refractivity contribution is 5.91. The average molecular weight is 232 g/mol. The smallest absolute Gasteiger partial charge is 0.187 e. The van der Waals surface area contributed by atoms with E-state index in [2.05, 4.69) is 4.98 Å². The van der Waals surface area contributed by atoms with Gasteiger partial charge in [0.15, 0.2) is 5.78 Å². The molecule has 2 unspecified atom stereocenters. The molecule has 0 radical (unpaired) electrons. The minimum Gasteiger partial charge on any atom is -0.376 e. The molecule has 1 aliphatic rings. The third kappa shape index (κ3) is 2.67. The van der Waals surface area contributed by atoms with Crippen LogP contribution in [0.15, 0.2) is 24.4 Å². The molecule has 0 bridgehead atoms. The van der Waals surface area contributed by atoms with Gasteiger partial charge in [0.2, 0.25) is 0 Å². The van der Waals surface area contributed by atoms with Gasteiger partial charge >= 0.3 is 0 Å². The Bertz CT molecular complexity index is 421. The molecule has 0 aliphatic carbocycles. The SMILES string of the molecule is N#CC(C(=O)C1COCCO1)c1ccccn1. The Labute approximate surface area is 99.0 Å². The van der Waals surface area contributed by atoms with Gasteiger partial charge in [-0.05, 0) is 12.1 Å². The molecule has 88 valence electrons. The summed E-state index contributed by atoms with van der Waals surface area (Å²) < 4.78 is 10.4. The number of ether oxygens (including phenoxy) is 2. The molecule has 0 spiro atoms. The number of nitrogens with zero attached hydrogens (tertiary/aromatic N) is 2. The summed E-state index contributed by atoms with van der Waals surface area (Å²) in [5, 5.41) is 9.07. The van der Waals surface area contributed by atoms with Crippen LogP contribution in [0.5, 0.6) is 0 Å². The molecule has 2 atom stereocenters. The van der Waals surface area contributed by atoms with Gasteiger partial charge in [-0.25, -0.2) is 0 Å². The van der Waals surface area contributed by atoms with Crippen LogP contribution in [0, 0.1) is 11.3 Å². The maximum absolute atomic E-state index is 12.1. The number of rotatable bonds is 3. The second-order valence-electron chi connectivity index (χ2n) is 3.65. The normalized spacial score (nSPS) is 21.5. The van der Waals surface area contributed by atoms with E-state index in [0.717, 1.165) is 0 Å². The first-order chi connectivity index (χ1) is 8.33. The molecule has 0 aromatic carbocycles. The number of carbonyl (C=O) groups excluding carboxylic acids is 1. The number of hydrogen-bond acceptors (Lipinski definition) is 5. The van der Waals surface area contributed by atoms with Crippen molar-refractivity contribution < 1.29 is 14.3 Å². The van der Waals surface area contributed by atoms with Crippen LogP contribution in [0.4, 0.5) is 0 Å². The van der Waals surface area contributed by atoms with Gasteiger partial charge < -0.3 is 9.47 Å². The highest BCUT2D eigenvalue weighted by Gasteiger charge is 2.31. The molecule has 0 N–H and O–H groups in total. The first-order valence-corrected chi connectivity index (χ1v) is 5.36. The van der Waals surface area contributed by atoms with E-state index in [9.17, 15) is 4.79 Å². The van der Waals surface area contributed by atoms with Crippen molar-refractivity contribution in [2.24, 2.45) is 0 Å². The van der Waals surface area contributed by atoms with Crippen molar-refractivity contribution in [3.8, 4) is 6.07 Å². The molecule has 1 saturated heterocycles. The fraction of sp³-hybridized carbons (Fsp3) is 0.417. The van der Waals surface area contributed by atoms with Crippen LogP contribution in [-0.4, -0.2) is 36.7 Å². The zero-order chi connectivity index (χ0) is 12.1. The summed E-state index contributed by atoms with van der Waals surface area (Å²) in [5.74, 6) is -1.17. The number of nitriles is 1. The maximum atomic E-state index is 12.1. The van der Waals surface area contributed by atoms with Crippen molar-refractivity contribution in [1.82, 2.24) is 4.98 Å². The molecule has 1 aliphatic heterocycles. The Morgan fingerprint density at radius 2 is 2.41 bits per heavy atom. The van der Waals surface area contributed by atoms with Gasteiger partial charge in [-0.3, -0.25) is 9.78 Å². The molecule has 2 heterocycles. The number of carbonyl (C=O) groups is 1. The van der Waals surface area contributed by atoms with Gasteiger partial charge in [0.05, 0.1) is 31.6 Å². The zero-order valence-corrected chi connectivity index (χ0v) is 9.20. The van der Waals surface area contributed by atoms with Crippen LogP contribution in [-0.2, 0) is 14.3 Å². The zero-order valence-electron chi connectivity index (χ0n) is 9.20. The fourth-order valence-electron chi connectivity index (χ4n) is 1.66. The lowest BCUT2D eigenvalue weighted by molar-refractivity contribution is -0.145. The molecule has 0 amide bonds. The van der Waals surface area contributed by atoms with Gasteiger partial charge in [0.1, 0.15) is 12.0 Å². The van der Waals surface area contributed by atoms with E-state index in [0.29, 0.717) is 18.9 Å². The Balaban J connectivity index is 2.13. The Kier molecular flexibility index (Phi) is 3.81. The van der Waals surface area contributed by atoms with E-state index in [1.165, 1.54) is 0 Å². The van der Waals surface area contributed by atoms with E-state index >= 15 is 0 Å². The van der Waals surface area contributed by atoms with Gasteiger partial charge in [-0.2, -0.15) is 5.26 Å². The highest BCUT2D eigenvalue weighted by Crippen LogP contribution is 2.17. The minimum atomic E-state index is -0.886. The first-order valence-electron chi connectivity index (χ1n) is 5.36. The summed E-state index contributed by atoms with van der Waals surface area (Å²) in [6.45, 7) is 1.09. The predicted molar refractivity (Wildman–Crippen MR) is 58.2 cm³/mol. The topological polar surface area (TPSA) is 72.2 Å². The lowest BCUT2D eigenvalue weighted by Gasteiger charge is -2.23. The molecule has 1 aromatic heterocycles. The van der Waals surface area contributed by atoms with Crippen LogP contribution < -0.4 is 0 Å². The second-order valence-corrected chi connectivity index (χ2v) is 3.65. The standard InChI is InChI=1S/C12H12N2O3/c13-7-9(10-3-1-2-4-14-10)12(15)11-8-16-5-6-17-11/h1-4,9,11H,5-6,8H2. The molecule has 0 saturated carbocycles. The third-order valence-corrected chi connectivity index (χ3v) is 2.53. The maximum Gasteiger partial charge on any atom is 0.187 e. The van der Waals surface area contributed by atoms with Crippen molar-refractivity contribution in [3.05, 3.63) is 30.1 Å². The van der Waals surface area contributed by atoms with Gasteiger partial charge in [-0.1, -0.05) is 6.07 Å².